The van der Waals surface area contributed by atoms with Crippen LogP contribution < -0.4 is 16.0 Å². The lowest BCUT2D eigenvalue weighted by atomic mass is 9.76. The first kappa shape index (κ1) is 88.7. The summed E-state index contributed by atoms with van der Waals surface area (Å²) in [5.41, 5.74) is 4.32. The largest absolute Gasteiger partial charge is 0.356 e. The van der Waals surface area contributed by atoms with Crippen molar-refractivity contribution in [1.82, 2.24) is 16.0 Å². The minimum Gasteiger partial charge on any atom is -0.356 e. The molecule has 0 heterocycles. The fraction of sp³-hybridized carbons (Fsp3) is 0.379. The van der Waals surface area contributed by atoms with Crippen molar-refractivity contribution in [3.63, 3.8) is 0 Å². The van der Waals surface area contributed by atoms with Gasteiger partial charge in [0, 0.05) is 156 Å². The maximum Gasteiger partial charge on any atom is 0.223 e. The molecule has 1 unspecified atom stereocenters. The monoisotopic (exact) mass is 1330 g/mol. The van der Waals surface area contributed by atoms with Gasteiger partial charge in [0.25, 0.3) is 0 Å². The first-order valence-corrected chi connectivity index (χ1v) is 33.1. The van der Waals surface area contributed by atoms with E-state index in [0.717, 1.165) is 58.2 Å². The topological polar surface area (TPSA) is 87.3 Å². The van der Waals surface area contributed by atoms with Gasteiger partial charge in [-0.15, -0.1) is 12.8 Å². The van der Waals surface area contributed by atoms with Gasteiger partial charge in [0.05, 0.1) is 0 Å². The number of terminal acetylenes is 2. The molecule has 0 bridgehead atoms. The predicted octanol–water partition coefficient (Wildman–Crippen LogP) is 13.6. The molecule has 3 N–H and O–H groups in total. The van der Waals surface area contributed by atoms with Crippen LogP contribution in [0, 0.1) is 276 Å². The number of benzene rings is 3. The van der Waals surface area contributed by atoms with E-state index in [1.54, 1.807) is 0 Å². The quantitative estimate of drug-likeness (QED) is 0.133. The second-order valence-corrected chi connectivity index (χ2v) is 29.2. The Morgan fingerprint density at radius 2 is 0.416 bits per heavy atom. The predicted molar refractivity (Wildman–Crippen MR) is 420 cm³/mol. The molecule has 3 aromatic rings. The Hall–Kier alpha value is -12.3. The van der Waals surface area contributed by atoms with Crippen LogP contribution in [-0.2, 0) is 33.6 Å². The van der Waals surface area contributed by atoms with Gasteiger partial charge in [0.15, 0.2) is 0 Å². The van der Waals surface area contributed by atoms with Crippen LogP contribution in [0.1, 0.15) is 161 Å². The van der Waals surface area contributed by atoms with E-state index in [0.29, 0.717) is 0 Å². The van der Waals surface area contributed by atoms with Crippen LogP contribution in [0.5, 0.6) is 0 Å². The molecule has 3 amide bonds. The van der Waals surface area contributed by atoms with E-state index in [4.69, 9.17) is 12.8 Å². The molecule has 0 saturated heterocycles. The highest BCUT2D eigenvalue weighted by Gasteiger charge is 2.33. The summed E-state index contributed by atoms with van der Waals surface area (Å²) in [5.74, 6) is 88.7. The highest BCUT2D eigenvalue weighted by atomic mass is 16.2. The highest BCUT2D eigenvalue weighted by Crippen LogP contribution is 2.32. The van der Waals surface area contributed by atoms with Crippen LogP contribution in [-0.4, -0.2) is 37.4 Å². The molecular weight excluding hydrogens is 1230 g/mol. The van der Waals surface area contributed by atoms with Gasteiger partial charge in [-0.2, -0.15) is 0 Å². The number of hydrogen-bond acceptors (Lipinski definition) is 3. The van der Waals surface area contributed by atoms with Crippen molar-refractivity contribution in [3.05, 3.63) is 108 Å². The number of hydrogen-bond donors (Lipinski definition) is 3. The Morgan fingerprint density at radius 1 is 0.267 bits per heavy atom. The van der Waals surface area contributed by atoms with Crippen LogP contribution in [0.4, 0.5) is 0 Å². The smallest absolute Gasteiger partial charge is 0.223 e. The summed E-state index contributed by atoms with van der Waals surface area (Å²) in [6.45, 7) is 41.3. The van der Waals surface area contributed by atoms with Crippen molar-refractivity contribution in [2.24, 2.45) is 50.2 Å². The van der Waals surface area contributed by atoms with E-state index in [2.05, 4.69) is 390 Å². The molecule has 0 aliphatic heterocycles. The summed E-state index contributed by atoms with van der Waals surface area (Å²) < 4.78 is 0. The maximum atomic E-state index is 12.6. The molecule has 3 aromatic carbocycles. The summed E-state index contributed by atoms with van der Waals surface area (Å²) >= 11 is 0. The average molecular weight is 1330 g/mol. The third-order valence-corrected chi connectivity index (χ3v) is 13.7. The molecule has 101 heavy (non-hydrogen) atoms. The summed E-state index contributed by atoms with van der Waals surface area (Å²) in [4.78, 5) is 37.7. The summed E-state index contributed by atoms with van der Waals surface area (Å²) in [6, 6.07) is 30.8. The lowest BCUT2D eigenvalue weighted by Gasteiger charge is -2.30. The molecule has 508 valence electrons. The second kappa shape index (κ2) is 51.0. The lowest BCUT2D eigenvalue weighted by molar-refractivity contribution is -0.129. The molecule has 3 atom stereocenters. The SMILES string of the molecule is C#CC#CC#CC#CC#CC#CC#CC#CC#CC#CC#CC#CC#CC#CC#CC#CC#CC#CC#C.CC(C)(C)CCNC(=O)C(Cc1ccccc1)C(C)(C)C.CC(C)(C)CCNC(=O)[C@@H](Cc1ccccc1)C(C)(C)C.CC(C)(C)CCNC(=O)[C@H](Cc1ccccc1)C(C)(C)C. The van der Waals surface area contributed by atoms with Gasteiger partial charge in [-0.3, -0.25) is 14.4 Å². The van der Waals surface area contributed by atoms with Crippen LogP contribution >= 0.6 is 0 Å². The Balaban J connectivity index is 0.00000137. The Labute approximate surface area is 611 Å². The molecule has 0 aliphatic rings. The van der Waals surface area contributed by atoms with Crippen molar-refractivity contribution >= 4 is 17.7 Å². The van der Waals surface area contributed by atoms with Gasteiger partial charge in [-0.1, -0.05) is 216 Å². The van der Waals surface area contributed by atoms with Crippen LogP contribution in [0.2, 0.25) is 0 Å². The number of rotatable bonds is 15. The van der Waals surface area contributed by atoms with E-state index in [1.165, 1.54) is 16.7 Å². The molecule has 0 radical (unpaired) electrons. The third kappa shape index (κ3) is 53.5. The molecule has 6 heteroatoms. The van der Waals surface area contributed by atoms with Crippen LogP contribution in [0.25, 0.3) is 0 Å². The molecule has 0 aliphatic carbocycles. The van der Waals surface area contributed by atoms with Gasteiger partial charge in [0.1, 0.15) is 0 Å². The van der Waals surface area contributed by atoms with Crippen LogP contribution in [0.3, 0.4) is 0 Å². The normalized spacial score (nSPS) is 10.1. The van der Waals surface area contributed by atoms with E-state index in [9.17, 15) is 14.4 Å². The fourth-order valence-corrected chi connectivity index (χ4v) is 8.05. The Bertz CT molecular complexity index is 4120. The van der Waals surface area contributed by atoms with Gasteiger partial charge >= 0.3 is 0 Å². The second-order valence-electron chi connectivity index (χ2n) is 29.2. The van der Waals surface area contributed by atoms with Crippen molar-refractivity contribution in [3.8, 4) is 226 Å². The molecular formula is C95H95N3O3. The van der Waals surface area contributed by atoms with Crippen molar-refractivity contribution in [2.45, 2.75) is 163 Å². The molecule has 0 spiro atoms. The minimum atomic E-state index is -0.0400. The Kier molecular flexibility index (Phi) is 44.8. The van der Waals surface area contributed by atoms with Crippen molar-refractivity contribution < 1.29 is 14.4 Å². The maximum absolute atomic E-state index is 12.6. The third-order valence-electron chi connectivity index (χ3n) is 13.7. The average Bonchev–Trinajstić information content (AvgIpc) is 0.863. The van der Waals surface area contributed by atoms with E-state index in [-0.39, 0.29) is 68.0 Å². The molecule has 0 fully saturated rings. The first-order chi connectivity index (χ1) is 47.7. The van der Waals surface area contributed by atoms with E-state index in [1.807, 2.05) is 54.6 Å². The zero-order valence-corrected chi connectivity index (χ0v) is 62.6. The Morgan fingerprint density at radius 3 is 0.545 bits per heavy atom. The highest BCUT2D eigenvalue weighted by molar-refractivity contribution is 5.81. The number of carbonyl (C=O) groups excluding carboxylic acids is 3. The summed E-state index contributed by atoms with van der Waals surface area (Å²) in [5, 5.41) is 9.38. The number of nitrogens with one attached hydrogen (secondary N) is 3. The lowest BCUT2D eigenvalue weighted by Crippen LogP contribution is -2.40. The van der Waals surface area contributed by atoms with Crippen LogP contribution in [0.15, 0.2) is 91.0 Å². The van der Waals surface area contributed by atoms with E-state index < -0.39 is 0 Å². The van der Waals surface area contributed by atoms with Gasteiger partial charge in [-0.25, -0.2) is 0 Å². The van der Waals surface area contributed by atoms with Gasteiger partial charge in [-0.05, 0) is 182 Å². The summed E-state index contributed by atoms with van der Waals surface area (Å²) in [6.07, 6.45) is 15.2. The standard InChI is InChI=1S/C38H2.3C19H31NO/c1-3-5-7-9-11-13-15-17-19-21-23-25-27-29-31-33-35-37-38-36-34-32-30-28-26-24-22-20-18-16-14-12-10-8-6-4-2;3*1-18(2,3)12-13-20-17(21)16(19(4,5)6)14-15-10-8-7-9-11-15/h1-2H;3*7-11,16H,12-14H2,1-6H3,(H,20,21)/t;2*16-;/m.10./s1. The molecule has 0 saturated carbocycles. The zero-order chi connectivity index (χ0) is 75.7. The van der Waals surface area contributed by atoms with Crippen molar-refractivity contribution in [2.75, 3.05) is 19.6 Å². The minimum absolute atomic E-state index is 0.000122. The fourth-order valence-electron chi connectivity index (χ4n) is 8.05. The summed E-state index contributed by atoms with van der Waals surface area (Å²) in [7, 11) is 0. The van der Waals surface area contributed by atoms with E-state index >= 15 is 0 Å². The van der Waals surface area contributed by atoms with Gasteiger partial charge in [0.2, 0.25) is 17.7 Å². The van der Waals surface area contributed by atoms with Gasteiger partial charge < -0.3 is 16.0 Å². The molecule has 0 aromatic heterocycles. The number of amides is 3. The zero-order valence-electron chi connectivity index (χ0n) is 62.6. The number of carbonyl (C=O) groups is 3. The molecule has 3 rings (SSSR count). The van der Waals surface area contributed by atoms with Crippen molar-refractivity contribution in [1.29, 1.82) is 0 Å². The first-order valence-electron chi connectivity index (χ1n) is 33.1. The molecule has 6 nitrogen and oxygen atoms in total.